The predicted octanol–water partition coefficient (Wildman–Crippen LogP) is 5.03. The fourth-order valence-electron chi connectivity index (χ4n) is 2.36. The summed E-state index contributed by atoms with van der Waals surface area (Å²) in [6.07, 6.45) is 0. The highest BCUT2D eigenvalue weighted by molar-refractivity contribution is 5.81. The zero-order valence-corrected chi connectivity index (χ0v) is 11.8. The topological polar surface area (TPSA) is 12.9 Å². The van der Waals surface area contributed by atoms with Gasteiger partial charge in [0, 0.05) is 16.8 Å². The lowest BCUT2D eigenvalue weighted by molar-refractivity contribution is 1.16. The van der Waals surface area contributed by atoms with Crippen LogP contribution in [-0.2, 0) is 0 Å². The summed E-state index contributed by atoms with van der Waals surface area (Å²) in [7, 11) is 0. The zero-order chi connectivity index (χ0) is 13.9. The van der Waals surface area contributed by atoms with Crippen molar-refractivity contribution >= 4 is 0 Å². The third-order valence-electron chi connectivity index (χ3n) is 3.60. The average molecular weight is 259 g/mol. The quantitative estimate of drug-likeness (QED) is 0.628. The number of benzene rings is 2. The first-order valence-electron chi connectivity index (χ1n) is 6.85. The molecule has 0 atom stereocenters. The molecule has 0 saturated heterocycles. The lowest BCUT2D eigenvalue weighted by Crippen LogP contribution is -1.95. The van der Waals surface area contributed by atoms with E-state index in [-0.39, 0.29) is 0 Å². The Labute approximate surface area is 119 Å². The highest BCUT2D eigenvalue weighted by Crippen LogP contribution is 2.31. The summed E-state index contributed by atoms with van der Waals surface area (Å²) in [4.78, 5) is 4.82. The Morgan fingerprint density at radius 1 is 0.700 bits per heavy atom. The minimum absolute atomic E-state index is 1.06. The molecule has 0 amide bonds. The van der Waals surface area contributed by atoms with Crippen LogP contribution in [0.5, 0.6) is 0 Å². The molecular formula is C19H17N. The van der Waals surface area contributed by atoms with Crippen LogP contribution in [0.15, 0.2) is 66.7 Å². The molecule has 0 N–H and O–H groups in total. The van der Waals surface area contributed by atoms with Gasteiger partial charge in [0.25, 0.3) is 0 Å². The first-order chi connectivity index (χ1) is 9.75. The van der Waals surface area contributed by atoms with E-state index in [1.165, 1.54) is 16.7 Å². The molecule has 0 aliphatic heterocycles. The van der Waals surface area contributed by atoms with E-state index in [9.17, 15) is 0 Å². The van der Waals surface area contributed by atoms with Gasteiger partial charge in [-0.25, -0.2) is 0 Å². The zero-order valence-electron chi connectivity index (χ0n) is 11.8. The molecule has 2 aromatic carbocycles. The molecule has 0 unspecified atom stereocenters. The SMILES string of the molecule is Cc1cc(-c2ccccc2)c(-c2ccccc2)nc1C. The Bertz CT molecular complexity index is 651. The molecule has 1 aromatic heterocycles. The van der Waals surface area contributed by atoms with Crippen LogP contribution in [0.4, 0.5) is 0 Å². The Balaban J connectivity index is 2.26. The van der Waals surface area contributed by atoms with E-state index in [2.05, 4.69) is 68.4 Å². The standard InChI is InChI=1S/C19H17N/c1-14-13-18(16-9-5-3-6-10-16)19(20-15(14)2)17-11-7-4-8-12-17/h3-13H,1-2H3. The van der Waals surface area contributed by atoms with Gasteiger partial charge in [0.1, 0.15) is 0 Å². The van der Waals surface area contributed by atoms with E-state index in [4.69, 9.17) is 4.98 Å². The number of aryl methyl sites for hydroxylation is 2. The second-order valence-electron chi connectivity index (χ2n) is 5.02. The van der Waals surface area contributed by atoms with E-state index in [0.717, 1.165) is 17.0 Å². The summed E-state index contributed by atoms with van der Waals surface area (Å²) < 4.78 is 0. The Hall–Kier alpha value is -2.41. The summed E-state index contributed by atoms with van der Waals surface area (Å²) in [5.74, 6) is 0. The van der Waals surface area contributed by atoms with Crippen molar-refractivity contribution in [3.63, 3.8) is 0 Å². The largest absolute Gasteiger partial charge is 0.252 e. The second kappa shape index (κ2) is 5.30. The van der Waals surface area contributed by atoms with Crippen LogP contribution in [0.2, 0.25) is 0 Å². The molecule has 0 fully saturated rings. The molecule has 0 bridgehead atoms. The fourth-order valence-corrected chi connectivity index (χ4v) is 2.36. The molecule has 98 valence electrons. The summed E-state index contributed by atoms with van der Waals surface area (Å²) in [5, 5.41) is 0. The van der Waals surface area contributed by atoms with Crippen LogP contribution in [0.25, 0.3) is 22.4 Å². The lowest BCUT2D eigenvalue weighted by atomic mass is 9.97. The third-order valence-corrected chi connectivity index (χ3v) is 3.60. The van der Waals surface area contributed by atoms with E-state index in [1.54, 1.807) is 0 Å². The van der Waals surface area contributed by atoms with Crippen molar-refractivity contribution in [2.45, 2.75) is 13.8 Å². The minimum Gasteiger partial charge on any atom is -0.252 e. The van der Waals surface area contributed by atoms with Crippen molar-refractivity contribution in [1.82, 2.24) is 4.98 Å². The van der Waals surface area contributed by atoms with Crippen molar-refractivity contribution in [3.8, 4) is 22.4 Å². The molecule has 0 saturated carbocycles. The van der Waals surface area contributed by atoms with Crippen LogP contribution in [-0.4, -0.2) is 4.98 Å². The first kappa shape index (κ1) is 12.6. The first-order valence-corrected chi connectivity index (χ1v) is 6.85. The fraction of sp³-hybridized carbons (Fsp3) is 0.105. The molecule has 1 nitrogen and oxygen atoms in total. The Morgan fingerprint density at radius 3 is 1.85 bits per heavy atom. The number of pyridine rings is 1. The van der Waals surface area contributed by atoms with Gasteiger partial charge in [0.05, 0.1) is 5.69 Å². The van der Waals surface area contributed by atoms with Crippen LogP contribution in [0, 0.1) is 13.8 Å². The molecule has 1 heterocycles. The normalized spacial score (nSPS) is 10.5. The molecule has 0 radical (unpaired) electrons. The van der Waals surface area contributed by atoms with Crippen LogP contribution in [0.3, 0.4) is 0 Å². The van der Waals surface area contributed by atoms with Gasteiger partial charge in [-0.1, -0.05) is 60.7 Å². The lowest BCUT2D eigenvalue weighted by Gasteiger charge is -2.12. The molecule has 20 heavy (non-hydrogen) atoms. The predicted molar refractivity (Wildman–Crippen MR) is 84.6 cm³/mol. The number of nitrogens with zero attached hydrogens (tertiary/aromatic N) is 1. The minimum atomic E-state index is 1.06. The van der Waals surface area contributed by atoms with E-state index in [1.807, 2.05) is 12.1 Å². The highest BCUT2D eigenvalue weighted by atomic mass is 14.7. The molecule has 0 aliphatic carbocycles. The molecule has 3 rings (SSSR count). The second-order valence-corrected chi connectivity index (χ2v) is 5.02. The molecule has 0 aliphatic rings. The van der Waals surface area contributed by atoms with Gasteiger partial charge in [-0.3, -0.25) is 4.98 Å². The van der Waals surface area contributed by atoms with Gasteiger partial charge < -0.3 is 0 Å². The maximum Gasteiger partial charge on any atom is 0.0783 e. The third kappa shape index (κ3) is 2.35. The molecule has 3 aromatic rings. The summed E-state index contributed by atoms with van der Waals surface area (Å²) in [5.41, 5.74) is 6.93. The van der Waals surface area contributed by atoms with Gasteiger partial charge in [-0.05, 0) is 31.0 Å². The van der Waals surface area contributed by atoms with Gasteiger partial charge in [-0.2, -0.15) is 0 Å². The van der Waals surface area contributed by atoms with Crippen molar-refractivity contribution in [2.75, 3.05) is 0 Å². The number of aromatic nitrogens is 1. The highest BCUT2D eigenvalue weighted by Gasteiger charge is 2.10. The van der Waals surface area contributed by atoms with E-state index >= 15 is 0 Å². The average Bonchev–Trinajstić information content (AvgIpc) is 2.51. The van der Waals surface area contributed by atoms with E-state index < -0.39 is 0 Å². The van der Waals surface area contributed by atoms with Crippen LogP contribution in [0.1, 0.15) is 11.3 Å². The van der Waals surface area contributed by atoms with Gasteiger partial charge in [0.15, 0.2) is 0 Å². The molecule has 0 spiro atoms. The number of hydrogen-bond acceptors (Lipinski definition) is 1. The smallest absolute Gasteiger partial charge is 0.0783 e. The summed E-state index contributed by atoms with van der Waals surface area (Å²) >= 11 is 0. The van der Waals surface area contributed by atoms with Gasteiger partial charge in [0.2, 0.25) is 0 Å². The van der Waals surface area contributed by atoms with Crippen LogP contribution < -0.4 is 0 Å². The number of hydrogen-bond donors (Lipinski definition) is 0. The van der Waals surface area contributed by atoms with Gasteiger partial charge >= 0.3 is 0 Å². The maximum atomic E-state index is 4.82. The monoisotopic (exact) mass is 259 g/mol. The molecular weight excluding hydrogens is 242 g/mol. The van der Waals surface area contributed by atoms with Crippen molar-refractivity contribution in [1.29, 1.82) is 0 Å². The van der Waals surface area contributed by atoms with E-state index in [0.29, 0.717) is 0 Å². The van der Waals surface area contributed by atoms with Crippen LogP contribution >= 0.6 is 0 Å². The van der Waals surface area contributed by atoms with Crippen molar-refractivity contribution in [2.24, 2.45) is 0 Å². The van der Waals surface area contributed by atoms with Gasteiger partial charge in [-0.15, -0.1) is 0 Å². The summed E-state index contributed by atoms with van der Waals surface area (Å²) in [6.45, 7) is 4.18. The summed E-state index contributed by atoms with van der Waals surface area (Å²) in [6, 6.07) is 23.1. The number of rotatable bonds is 2. The van der Waals surface area contributed by atoms with Crippen molar-refractivity contribution in [3.05, 3.63) is 78.0 Å². The Kier molecular flexibility index (Phi) is 3.34. The van der Waals surface area contributed by atoms with Crippen molar-refractivity contribution < 1.29 is 0 Å². The molecule has 1 heteroatoms. The maximum absolute atomic E-state index is 4.82. The Morgan fingerprint density at radius 2 is 1.25 bits per heavy atom.